The van der Waals surface area contributed by atoms with E-state index in [1.807, 2.05) is 7.05 Å². The number of ether oxygens (including phenoxy) is 2. The number of rotatable bonds is 5. The molecule has 1 aromatic heterocycles. The number of carbonyl (C=O) groups is 1. The summed E-state index contributed by atoms with van der Waals surface area (Å²) in [6, 6.07) is 0.357. The van der Waals surface area contributed by atoms with Crippen molar-refractivity contribution in [2.45, 2.75) is 19.1 Å². The fourth-order valence-electron chi connectivity index (χ4n) is 1.82. The van der Waals surface area contributed by atoms with Crippen LogP contribution in [0.5, 0.6) is 0 Å². The highest BCUT2D eigenvalue weighted by molar-refractivity contribution is 7.17. The Labute approximate surface area is 104 Å². The van der Waals surface area contributed by atoms with Gasteiger partial charge in [-0.1, -0.05) is 11.3 Å². The molecule has 1 unspecified atom stereocenters. The smallest absolute Gasteiger partial charge is 0.186 e. The summed E-state index contributed by atoms with van der Waals surface area (Å²) in [6.07, 6.45) is 1.85. The Morgan fingerprint density at radius 2 is 2.53 bits per heavy atom. The summed E-state index contributed by atoms with van der Waals surface area (Å²) < 4.78 is 10.4. The van der Waals surface area contributed by atoms with Crippen molar-refractivity contribution in [3.8, 4) is 0 Å². The van der Waals surface area contributed by atoms with Crippen molar-refractivity contribution in [3.63, 3.8) is 0 Å². The van der Waals surface area contributed by atoms with Gasteiger partial charge in [0.25, 0.3) is 0 Å². The summed E-state index contributed by atoms with van der Waals surface area (Å²) in [7, 11) is 3.59. The van der Waals surface area contributed by atoms with Crippen LogP contribution in [0.4, 0.5) is 5.13 Å². The molecule has 0 spiro atoms. The monoisotopic (exact) mass is 256 g/mol. The normalized spacial score (nSPS) is 19.5. The van der Waals surface area contributed by atoms with Gasteiger partial charge in [-0.25, -0.2) is 4.98 Å². The summed E-state index contributed by atoms with van der Waals surface area (Å²) in [5.74, 6) is 0. The van der Waals surface area contributed by atoms with Gasteiger partial charge in [-0.3, -0.25) is 4.79 Å². The van der Waals surface area contributed by atoms with Crippen LogP contribution in [0.25, 0.3) is 0 Å². The molecule has 0 aromatic carbocycles. The molecule has 0 N–H and O–H groups in total. The molecule has 0 aliphatic carbocycles. The number of thiazole rings is 1. The van der Waals surface area contributed by atoms with Gasteiger partial charge in [0.05, 0.1) is 29.8 Å². The minimum absolute atomic E-state index is 0.357. The SMILES string of the molecule is COCc1nc(N(C)C2CCOC2)sc1C=O. The van der Waals surface area contributed by atoms with Crippen molar-refractivity contribution in [2.24, 2.45) is 0 Å². The van der Waals surface area contributed by atoms with Gasteiger partial charge >= 0.3 is 0 Å². The maximum atomic E-state index is 10.9. The lowest BCUT2D eigenvalue weighted by Gasteiger charge is -2.21. The highest BCUT2D eigenvalue weighted by Gasteiger charge is 2.23. The van der Waals surface area contributed by atoms with E-state index in [1.54, 1.807) is 7.11 Å². The van der Waals surface area contributed by atoms with Gasteiger partial charge in [0, 0.05) is 20.8 Å². The summed E-state index contributed by atoms with van der Waals surface area (Å²) in [4.78, 5) is 18.1. The summed E-state index contributed by atoms with van der Waals surface area (Å²) in [6.45, 7) is 1.90. The van der Waals surface area contributed by atoms with E-state index < -0.39 is 0 Å². The zero-order valence-corrected chi connectivity index (χ0v) is 10.8. The van der Waals surface area contributed by atoms with Crippen LogP contribution < -0.4 is 4.90 Å². The molecule has 0 bridgehead atoms. The first-order valence-corrected chi connectivity index (χ1v) is 6.32. The van der Waals surface area contributed by atoms with Crippen LogP contribution in [0.3, 0.4) is 0 Å². The second-order valence-electron chi connectivity index (χ2n) is 3.99. The number of aromatic nitrogens is 1. The van der Waals surface area contributed by atoms with Gasteiger partial charge in [0.15, 0.2) is 11.4 Å². The lowest BCUT2D eigenvalue weighted by atomic mass is 10.2. The van der Waals surface area contributed by atoms with Crippen molar-refractivity contribution in [3.05, 3.63) is 10.6 Å². The van der Waals surface area contributed by atoms with Gasteiger partial charge < -0.3 is 14.4 Å². The predicted octanol–water partition coefficient (Wildman–Crippen LogP) is 1.33. The average molecular weight is 256 g/mol. The van der Waals surface area contributed by atoms with E-state index in [2.05, 4.69) is 9.88 Å². The van der Waals surface area contributed by atoms with Crippen molar-refractivity contribution >= 4 is 22.8 Å². The summed E-state index contributed by atoms with van der Waals surface area (Å²) in [5.41, 5.74) is 0.716. The largest absolute Gasteiger partial charge is 0.379 e. The molecule has 1 atom stereocenters. The minimum atomic E-state index is 0.357. The van der Waals surface area contributed by atoms with Crippen LogP contribution in [-0.4, -0.2) is 44.7 Å². The van der Waals surface area contributed by atoms with E-state index in [1.165, 1.54) is 11.3 Å². The second-order valence-corrected chi connectivity index (χ2v) is 5.00. The molecule has 0 radical (unpaired) electrons. The number of aldehydes is 1. The molecule has 1 aliphatic heterocycles. The Hall–Kier alpha value is -0.980. The molecular weight excluding hydrogens is 240 g/mol. The zero-order chi connectivity index (χ0) is 12.3. The molecule has 1 fully saturated rings. The van der Waals surface area contributed by atoms with Crippen LogP contribution in [0.1, 0.15) is 21.8 Å². The first-order valence-electron chi connectivity index (χ1n) is 5.50. The lowest BCUT2D eigenvalue weighted by molar-refractivity contribution is 0.112. The topological polar surface area (TPSA) is 51.7 Å². The Bertz CT molecular complexity index is 388. The average Bonchev–Trinajstić information content (AvgIpc) is 2.97. The lowest BCUT2D eigenvalue weighted by Crippen LogP contribution is -2.31. The van der Waals surface area contributed by atoms with E-state index in [0.717, 1.165) is 31.1 Å². The van der Waals surface area contributed by atoms with Crippen LogP contribution >= 0.6 is 11.3 Å². The van der Waals surface area contributed by atoms with Crippen molar-refractivity contribution < 1.29 is 14.3 Å². The van der Waals surface area contributed by atoms with Gasteiger partial charge in [0.2, 0.25) is 0 Å². The first kappa shape index (κ1) is 12.5. The number of nitrogens with zero attached hydrogens (tertiary/aromatic N) is 2. The first-order chi connectivity index (χ1) is 8.26. The molecule has 5 nitrogen and oxygen atoms in total. The number of likely N-dealkylation sites (N-methyl/N-ethyl adjacent to an activating group) is 1. The minimum Gasteiger partial charge on any atom is -0.379 e. The fraction of sp³-hybridized carbons (Fsp3) is 0.636. The standard InChI is InChI=1S/C11H16N2O3S/c1-13(8-3-4-16-6-8)11-12-9(7-15-2)10(5-14)17-11/h5,8H,3-4,6-7H2,1-2H3. The van der Waals surface area contributed by atoms with Crippen molar-refractivity contribution in [1.29, 1.82) is 0 Å². The van der Waals surface area contributed by atoms with Gasteiger partial charge in [0.1, 0.15) is 0 Å². The number of hydrogen-bond acceptors (Lipinski definition) is 6. The maximum Gasteiger partial charge on any atom is 0.186 e. The van der Waals surface area contributed by atoms with Crippen LogP contribution in [0.15, 0.2) is 0 Å². The number of hydrogen-bond donors (Lipinski definition) is 0. The molecule has 17 heavy (non-hydrogen) atoms. The summed E-state index contributed by atoms with van der Waals surface area (Å²) >= 11 is 1.41. The molecule has 2 rings (SSSR count). The molecule has 94 valence electrons. The van der Waals surface area contributed by atoms with Crippen LogP contribution in [-0.2, 0) is 16.1 Å². The molecule has 2 heterocycles. The molecule has 6 heteroatoms. The van der Waals surface area contributed by atoms with Gasteiger partial charge in [-0.15, -0.1) is 0 Å². The Morgan fingerprint density at radius 1 is 1.71 bits per heavy atom. The highest BCUT2D eigenvalue weighted by Crippen LogP contribution is 2.27. The molecule has 1 saturated heterocycles. The molecule has 1 aliphatic rings. The summed E-state index contributed by atoms with van der Waals surface area (Å²) in [5, 5.41) is 0.856. The predicted molar refractivity (Wildman–Crippen MR) is 65.8 cm³/mol. The van der Waals surface area contributed by atoms with E-state index in [9.17, 15) is 4.79 Å². The Morgan fingerprint density at radius 3 is 3.12 bits per heavy atom. The maximum absolute atomic E-state index is 10.9. The van der Waals surface area contributed by atoms with Gasteiger partial charge in [-0.2, -0.15) is 0 Å². The van der Waals surface area contributed by atoms with Gasteiger partial charge in [-0.05, 0) is 6.42 Å². The third-order valence-corrected chi connectivity index (χ3v) is 3.97. The number of carbonyl (C=O) groups excluding carboxylic acids is 1. The molecule has 0 amide bonds. The fourth-order valence-corrected chi connectivity index (χ4v) is 2.73. The molecule has 1 aromatic rings. The molecular formula is C11H16N2O3S. The van der Waals surface area contributed by atoms with Crippen LogP contribution in [0.2, 0.25) is 0 Å². The van der Waals surface area contributed by atoms with E-state index in [-0.39, 0.29) is 0 Å². The van der Waals surface area contributed by atoms with E-state index in [4.69, 9.17) is 9.47 Å². The number of anilines is 1. The molecule has 0 saturated carbocycles. The van der Waals surface area contributed by atoms with Crippen LogP contribution in [0, 0.1) is 0 Å². The Balaban J connectivity index is 2.16. The Kier molecular flexibility index (Phi) is 4.09. The highest BCUT2D eigenvalue weighted by atomic mass is 32.1. The third-order valence-electron chi connectivity index (χ3n) is 2.86. The third kappa shape index (κ3) is 2.65. The quantitative estimate of drug-likeness (QED) is 0.744. The second kappa shape index (κ2) is 5.57. The van der Waals surface area contributed by atoms with E-state index >= 15 is 0 Å². The van der Waals surface area contributed by atoms with Crippen molar-refractivity contribution in [1.82, 2.24) is 4.98 Å². The zero-order valence-electron chi connectivity index (χ0n) is 10.0. The van der Waals surface area contributed by atoms with Crippen molar-refractivity contribution in [2.75, 3.05) is 32.3 Å². The number of methoxy groups -OCH3 is 1. The van der Waals surface area contributed by atoms with E-state index in [0.29, 0.717) is 23.2 Å².